The molecule has 0 spiro atoms. The van der Waals surface area contributed by atoms with Crippen LogP contribution >= 0.6 is 11.8 Å². The van der Waals surface area contributed by atoms with E-state index in [1.165, 1.54) is 86.9 Å². The molecule has 1 heterocycles. The quantitative estimate of drug-likeness (QED) is 0.409. The molecule has 1 aliphatic heterocycles. The van der Waals surface area contributed by atoms with Gasteiger partial charge >= 0.3 is 0 Å². The lowest BCUT2D eigenvalue weighted by Crippen LogP contribution is -2.07. The number of aryl methyl sites for hydroxylation is 2. The lowest BCUT2D eigenvalue weighted by atomic mass is 9.78. The van der Waals surface area contributed by atoms with Gasteiger partial charge in [-0.2, -0.15) is 0 Å². The highest BCUT2D eigenvalue weighted by molar-refractivity contribution is 8.08. The second-order valence-electron chi connectivity index (χ2n) is 8.89. The van der Waals surface area contributed by atoms with Crippen LogP contribution in [-0.4, -0.2) is 5.75 Å². The molecule has 31 heavy (non-hydrogen) atoms. The smallest absolute Gasteiger partial charge is 0.0117 e. The van der Waals surface area contributed by atoms with Crippen molar-refractivity contribution < 1.29 is 0 Å². The molecule has 0 unspecified atom stereocenters. The van der Waals surface area contributed by atoms with Crippen LogP contribution in [0.2, 0.25) is 0 Å². The molecule has 3 aromatic rings. The first-order valence-corrected chi connectivity index (χ1v) is 12.7. The zero-order chi connectivity index (χ0) is 20.8. The summed E-state index contributed by atoms with van der Waals surface area (Å²) >= 11 is 2.02. The Hall–Kier alpha value is -2.51. The molecule has 0 nitrogen and oxygen atoms in total. The van der Waals surface area contributed by atoms with E-state index < -0.39 is 0 Å². The van der Waals surface area contributed by atoms with Gasteiger partial charge in [0.1, 0.15) is 0 Å². The summed E-state index contributed by atoms with van der Waals surface area (Å²) in [5, 5.41) is 2.89. The highest BCUT2D eigenvalue weighted by Gasteiger charge is 2.23. The molecular weight excluding hydrogens is 392 g/mol. The maximum atomic E-state index is 2.45. The van der Waals surface area contributed by atoms with Gasteiger partial charge in [0.15, 0.2) is 0 Å². The summed E-state index contributed by atoms with van der Waals surface area (Å²) in [4.78, 5) is 1.47. The Morgan fingerprint density at radius 2 is 1.65 bits per heavy atom. The summed E-state index contributed by atoms with van der Waals surface area (Å²) in [6, 6.07) is 18.8. The third kappa shape index (κ3) is 3.22. The van der Waals surface area contributed by atoms with E-state index in [0.29, 0.717) is 0 Å². The minimum Gasteiger partial charge on any atom is -0.126 e. The first-order valence-electron chi connectivity index (χ1n) is 11.7. The van der Waals surface area contributed by atoms with Crippen LogP contribution in [0.4, 0.5) is 0 Å². The molecule has 0 aromatic heterocycles. The van der Waals surface area contributed by atoms with E-state index in [1.807, 2.05) is 11.8 Å². The number of hydrogen-bond donors (Lipinski definition) is 0. The van der Waals surface area contributed by atoms with E-state index in [9.17, 15) is 0 Å². The van der Waals surface area contributed by atoms with Crippen molar-refractivity contribution in [1.29, 1.82) is 0 Å². The summed E-state index contributed by atoms with van der Waals surface area (Å²) in [5.74, 6) is 1.20. The maximum Gasteiger partial charge on any atom is 0.0117 e. The molecule has 0 saturated carbocycles. The molecule has 2 aliphatic carbocycles. The predicted octanol–water partition coefficient (Wildman–Crippen LogP) is 8.60. The topological polar surface area (TPSA) is 0 Å². The number of thioether (sulfide) groups is 1. The molecule has 0 atom stereocenters. The number of rotatable bonds is 3. The van der Waals surface area contributed by atoms with Crippen LogP contribution in [-0.2, 0) is 12.8 Å². The van der Waals surface area contributed by atoms with Crippen molar-refractivity contribution in [3.8, 4) is 11.1 Å². The lowest BCUT2D eigenvalue weighted by molar-refractivity contribution is 0.831. The molecule has 0 bridgehead atoms. The van der Waals surface area contributed by atoms with Gasteiger partial charge in [0.05, 0.1) is 0 Å². The fourth-order valence-corrected chi connectivity index (χ4v) is 6.59. The summed E-state index contributed by atoms with van der Waals surface area (Å²) in [5.41, 5.74) is 11.8. The van der Waals surface area contributed by atoms with Gasteiger partial charge in [-0.25, -0.2) is 0 Å². The number of benzene rings is 3. The molecule has 1 heteroatoms. The average molecular weight is 421 g/mol. The second-order valence-corrected chi connectivity index (χ2v) is 10.0. The first-order chi connectivity index (χ1) is 15.3. The molecule has 0 amide bonds. The standard InChI is InChI=1S/C30H28S/c1-2-20-9-11-22(12-10-20)24-15-16-27-26-14-13-21-6-3-4-7-23(21)25(26)17-18-28(27)30(24)29-8-5-19-31-29/h4,7-12,15-18H,2-3,5-6,13-14,19H2,1H3. The van der Waals surface area contributed by atoms with Crippen molar-refractivity contribution in [2.24, 2.45) is 0 Å². The zero-order valence-corrected chi connectivity index (χ0v) is 19.0. The first kappa shape index (κ1) is 19.2. The van der Waals surface area contributed by atoms with Gasteiger partial charge in [0.2, 0.25) is 0 Å². The Morgan fingerprint density at radius 1 is 0.806 bits per heavy atom. The van der Waals surface area contributed by atoms with E-state index in [0.717, 1.165) is 6.42 Å². The molecule has 0 fully saturated rings. The van der Waals surface area contributed by atoms with Gasteiger partial charge in [-0.05, 0) is 82.7 Å². The van der Waals surface area contributed by atoms with Gasteiger partial charge in [-0.1, -0.05) is 79.3 Å². The fraction of sp³-hybridized carbons (Fsp3) is 0.267. The molecule has 0 radical (unpaired) electrons. The largest absolute Gasteiger partial charge is 0.126 e. The molecule has 0 saturated heterocycles. The van der Waals surface area contributed by atoms with Crippen molar-refractivity contribution in [2.45, 2.75) is 45.4 Å². The van der Waals surface area contributed by atoms with Crippen LogP contribution in [0.3, 0.4) is 0 Å². The summed E-state index contributed by atoms with van der Waals surface area (Å²) in [6.45, 7) is 2.22. The van der Waals surface area contributed by atoms with E-state index in [1.54, 1.807) is 11.1 Å². The van der Waals surface area contributed by atoms with E-state index in [2.05, 4.69) is 73.7 Å². The maximum absolute atomic E-state index is 2.45. The Kier molecular flexibility index (Phi) is 4.88. The van der Waals surface area contributed by atoms with Crippen LogP contribution in [0, 0.1) is 0 Å². The van der Waals surface area contributed by atoms with E-state index in [4.69, 9.17) is 0 Å². The summed E-state index contributed by atoms with van der Waals surface area (Å²) in [6.07, 6.45) is 14.3. The second kappa shape index (κ2) is 7.88. The third-order valence-corrected chi connectivity index (χ3v) is 8.30. The third-order valence-electron chi connectivity index (χ3n) is 7.18. The van der Waals surface area contributed by atoms with Crippen molar-refractivity contribution >= 4 is 33.0 Å². The summed E-state index contributed by atoms with van der Waals surface area (Å²) in [7, 11) is 0. The molecule has 154 valence electrons. The van der Waals surface area contributed by atoms with Crippen molar-refractivity contribution in [1.82, 2.24) is 0 Å². The molecule has 0 N–H and O–H groups in total. The number of fused-ring (bicyclic) bond motifs is 4. The molecule has 3 aromatic carbocycles. The minimum absolute atomic E-state index is 1.09. The van der Waals surface area contributed by atoms with Crippen LogP contribution in [0.15, 0.2) is 72.3 Å². The molecule has 6 rings (SSSR count). The monoisotopic (exact) mass is 420 g/mol. The highest BCUT2D eigenvalue weighted by atomic mass is 32.2. The van der Waals surface area contributed by atoms with Gasteiger partial charge in [0, 0.05) is 16.2 Å². The Morgan fingerprint density at radius 3 is 2.45 bits per heavy atom. The molecular formula is C30H28S. The SMILES string of the molecule is CCc1ccc(-c2ccc3c4c(ccc3c2C2=CCCS2)C2=C(CCC=C2)CC4)cc1. The van der Waals surface area contributed by atoms with Crippen LogP contribution in [0.25, 0.3) is 32.4 Å². The van der Waals surface area contributed by atoms with Crippen LogP contribution in [0.1, 0.15) is 54.9 Å². The van der Waals surface area contributed by atoms with Crippen LogP contribution in [0.5, 0.6) is 0 Å². The number of hydrogen-bond acceptors (Lipinski definition) is 1. The van der Waals surface area contributed by atoms with Crippen molar-refractivity contribution in [3.05, 3.63) is 94.6 Å². The zero-order valence-electron chi connectivity index (χ0n) is 18.2. The summed E-state index contributed by atoms with van der Waals surface area (Å²) < 4.78 is 0. The normalized spacial score (nSPS) is 17.6. The minimum atomic E-state index is 1.09. The highest BCUT2D eigenvalue weighted by Crippen LogP contribution is 2.46. The Labute approximate surface area is 189 Å². The van der Waals surface area contributed by atoms with Gasteiger partial charge in [0.25, 0.3) is 0 Å². The van der Waals surface area contributed by atoms with Gasteiger partial charge < -0.3 is 0 Å². The Bertz CT molecular complexity index is 1270. The fourth-order valence-electron chi connectivity index (χ4n) is 5.53. The van der Waals surface area contributed by atoms with Crippen LogP contribution < -0.4 is 0 Å². The molecule has 3 aliphatic rings. The van der Waals surface area contributed by atoms with Gasteiger partial charge in [-0.15, -0.1) is 11.8 Å². The van der Waals surface area contributed by atoms with E-state index >= 15 is 0 Å². The van der Waals surface area contributed by atoms with E-state index in [-0.39, 0.29) is 0 Å². The number of allylic oxidation sites excluding steroid dienone is 5. The van der Waals surface area contributed by atoms with Gasteiger partial charge in [-0.3, -0.25) is 0 Å². The Balaban J connectivity index is 1.59. The average Bonchev–Trinajstić information content (AvgIpc) is 3.37. The van der Waals surface area contributed by atoms with Crippen molar-refractivity contribution in [3.63, 3.8) is 0 Å². The lowest BCUT2D eigenvalue weighted by Gasteiger charge is -2.26. The van der Waals surface area contributed by atoms with Crippen molar-refractivity contribution in [2.75, 3.05) is 5.75 Å². The predicted molar refractivity (Wildman–Crippen MR) is 137 cm³/mol.